The minimum Gasteiger partial charge on any atom is -0.456 e. The highest BCUT2D eigenvalue weighted by atomic mass is 16.5. The number of fused-ring (bicyclic) bond motifs is 3. The zero-order valence-corrected chi connectivity index (χ0v) is 17.3. The lowest BCUT2D eigenvalue weighted by atomic mass is 10.1. The SMILES string of the molecule is Cc1cccc(C(=O)NC(C)C(=O)OCc2nnc3n(C)c(=O)c4ccccc4n23)c1. The van der Waals surface area contributed by atoms with Gasteiger partial charge in [-0.3, -0.25) is 18.6 Å². The third-order valence-corrected chi connectivity index (χ3v) is 5.02. The molecule has 0 aliphatic carbocycles. The van der Waals surface area contributed by atoms with E-state index >= 15 is 0 Å². The van der Waals surface area contributed by atoms with Gasteiger partial charge in [0.1, 0.15) is 6.04 Å². The molecule has 0 fully saturated rings. The first kappa shape index (κ1) is 20.3. The molecule has 2 heterocycles. The molecule has 9 heteroatoms. The van der Waals surface area contributed by atoms with Crippen LogP contribution in [-0.4, -0.2) is 37.1 Å². The van der Waals surface area contributed by atoms with Crippen molar-refractivity contribution < 1.29 is 14.3 Å². The molecule has 31 heavy (non-hydrogen) atoms. The molecular formula is C22H21N5O4. The van der Waals surface area contributed by atoms with Gasteiger partial charge in [0.25, 0.3) is 11.5 Å². The second-order valence-electron chi connectivity index (χ2n) is 7.31. The third kappa shape index (κ3) is 3.77. The molecule has 1 atom stereocenters. The number of aromatic nitrogens is 4. The number of nitrogens with one attached hydrogen (secondary N) is 1. The number of hydrogen-bond donors (Lipinski definition) is 1. The van der Waals surface area contributed by atoms with Crippen LogP contribution < -0.4 is 10.9 Å². The molecule has 0 aliphatic rings. The van der Waals surface area contributed by atoms with Crippen LogP contribution in [0.4, 0.5) is 0 Å². The number of carbonyl (C=O) groups excluding carboxylic acids is 2. The van der Waals surface area contributed by atoms with E-state index in [0.29, 0.717) is 28.1 Å². The maximum absolute atomic E-state index is 12.5. The van der Waals surface area contributed by atoms with Crippen molar-refractivity contribution in [2.75, 3.05) is 0 Å². The summed E-state index contributed by atoms with van der Waals surface area (Å²) in [4.78, 5) is 37.3. The summed E-state index contributed by atoms with van der Waals surface area (Å²) in [7, 11) is 1.61. The largest absolute Gasteiger partial charge is 0.456 e. The first-order valence-electron chi connectivity index (χ1n) is 9.72. The molecule has 0 saturated heterocycles. The highest BCUT2D eigenvalue weighted by Gasteiger charge is 2.20. The number of rotatable bonds is 5. The van der Waals surface area contributed by atoms with Crippen molar-refractivity contribution in [2.45, 2.75) is 26.5 Å². The Morgan fingerprint density at radius 3 is 2.68 bits per heavy atom. The van der Waals surface area contributed by atoms with E-state index in [-0.39, 0.29) is 18.1 Å². The van der Waals surface area contributed by atoms with Crippen molar-refractivity contribution >= 4 is 28.6 Å². The Labute approximate surface area is 177 Å². The summed E-state index contributed by atoms with van der Waals surface area (Å²) in [6, 6.07) is 13.3. The van der Waals surface area contributed by atoms with Crippen molar-refractivity contribution in [2.24, 2.45) is 7.05 Å². The Kier molecular flexibility index (Phi) is 5.24. The van der Waals surface area contributed by atoms with E-state index in [1.54, 1.807) is 60.8 Å². The fourth-order valence-corrected chi connectivity index (χ4v) is 3.37. The number of ether oxygens (including phenoxy) is 1. The predicted molar refractivity (Wildman–Crippen MR) is 114 cm³/mol. The van der Waals surface area contributed by atoms with Gasteiger partial charge in [0, 0.05) is 12.6 Å². The summed E-state index contributed by atoms with van der Waals surface area (Å²) in [5, 5.41) is 11.3. The molecule has 0 radical (unpaired) electrons. The number of aryl methyl sites for hydroxylation is 2. The smallest absolute Gasteiger partial charge is 0.328 e. The molecule has 0 saturated carbocycles. The van der Waals surface area contributed by atoms with Crippen LogP contribution in [0.2, 0.25) is 0 Å². The van der Waals surface area contributed by atoms with Crippen LogP contribution in [0.3, 0.4) is 0 Å². The van der Waals surface area contributed by atoms with E-state index < -0.39 is 12.0 Å². The summed E-state index contributed by atoms with van der Waals surface area (Å²) in [6.07, 6.45) is 0. The first-order chi connectivity index (χ1) is 14.9. The Morgan fingerprint density at radius 1 is 1.13 bits per heavy atom. The van der Waals surface area contributed by atoms with Crippen molar-refractivity contribution in [3.63, 3.8) is 0 Å². The van der Waals surface area contributed by atoms with E-state index in [1.807, 2.05) is 13.0 Å². The molecule has 2 aromatic carbocycles. The van der Waals surface area contributed by atoms with Crippen LogP contribution >= 0.6 is 0 Å². The predicted octanol–water partition coefficient (Wildman–Crippen LogP) is 1.75. The molecule has 158 valence electrons. The van der Waals surface area contributed by atoms with Crippen LogP contribution in [0.15, 0.2) is 53.3 Å². The highest BCUT2D eigenvalue weighted by Crippen LogP contribution is 2.14. The van der Waals surface area contributed by atoms with E-state index in [9.17, 15) is 14.4 Å². The number of esters is 1. The average Bonchev–Trinajstić information content (AvgIpc) is 3.20. The van der Waals surface area contributed by atoms with Crippen molar-refractivity contribution in [3.05, 3.63) is 75.8 Å². The number of hydrogen-bond acceptors (Lipinski definition) is 6. The summed E-state index contributed by atoms with van der Waals surface area (Å²) >= 11 is 0. The van der Waals surface area contributed by atoms with Gasteiger partial charge in [-0.25, -0.2) is 4.79 Å². The van der Waals surface area contributed by atoms with Gasteiger partial charge < -0.3 is 10.1 Å². The summed E-state index contributed by atoms with van der Waals surface area (Å²) in [6.45, 7) is 3.28. The van der Waals surface area contributed by atoms with E-state index in [1.165, 1.54) is 4.57 Å². The Hall–Kier alpha value is -4.01. The topological polar surface area (TPSA) is 108 Å². The zero-order chi connectivity index (χ0) is 22.1. The second-order valence-corrected chi connectivity index (χ2v) is 7.31. The van der Waals surface area contributed by atoms with Crippen LogP contribution in [-0.2, 0) is 23.2 Å². The lowest BCUT2D eigenvalue weighted by Crippen LogP contribution is -2.39. The number of benzene rings is 2. The van der Waals surface area contributed by atoms with Crippen LogP contribution in [0.1, 0.15) is 28.7 Å². The molecule has 2 aromatic heterocycles. The van der Waals surface area contributed by atoms with E-state index in [2.05, 4.69) is 15.5 Å². The average molecular weight is 419 g/mol. The van der Waals surface area contributed by atoms with Crippen LogP contribution in [0.25, 0.3) is 16.7 Å². The minimum absolute atomic E-state index is 0.160. The lowest BCUT2D eigenvalue weighted by molar-refractivity contribution is -0.147. The third-order valence-electron chi connectivity index (χ3n) is 5.02. The van der Waals surface area contributed by atoms with Gasteiger partial charge in [-0.15, -0.1) is 10.2 Å². The molecule has 0 bridgehead atoms. The molecule has 1 N–H and O–H groups in total. The molecular weight excluding hydrogens is 398 g/mol. The maximum atomic E-state index is 12.5. The van der Waals surface area contributed by atoms with Crippen LogP contribution in [0, 0.1) is 6.92 Å². The minimum atomic E-state index is -0.853. The van der Waals surface area contributed by atoms with Gasteiger partial charge in [0.05, 0.1) is 10.9 Å². The number of amides is 1. The molecule has 4 rings (SSSR count). The fraction of sp³-hybridized carbons (Fsp3) is 0.227. The van der Waals surface area contributed by atoms with Gasteiger partial charge in [-0.1, -0.05) is 29.8 Å². The molecule has 4 aromatic rings. The van der Waals surface area contributed by atoms with Gasteiger partial charge in [0.2, 0.25) is 5.78 Å². The summed E-state index contributed by atoms with van der Waals surface area (Å²) < 4.78 is 8.45. The molecule has 9 nitrogen and oxygen atoms in total. The lowest BCUT2D eigenvalue weighted by Gasteiger charge is -2.13. The van der Waals surface area contributed by atoms with Crippen molar-refractivity contribution in [1.82, 2.24) is 24.5 Å². The highest BCUT2D eigenvalue weighted by molar-refractivity contribution is 5.96. The Bertz CT molecular complexity index is 1370. The molecule has 0 aliphatic heterocycles. The van der Waals surface area contributed by atoms with E-state index in [0.717, 1.165) is 5.56 Å². The number of nitrogens with zero attached hydrogens (tertiary/aromatic N) is 4. The normalized spacial score (nSPS) is 12.1. The van der Waals surface area contributed by atoms with Crippen molar-refractivity contribution in [3.8, 4) is 0 Å². The summed E-state index contributed by atoms with van der Waals surface area (Å²) in [5.41, 5.74) is 1.85. The number of carbonyl (C=O) groups is 2. The zero-order valence-electron chi connectivity index (χ0n) is 17.3. The standard InChI is InChI=1S/C22H21N5O4/c1-13-7-6-8-15(11-13)19(28)23-14(2)21(30)31-12-18-24-25-22-26(3)20(29)16-9-4-5-10-17(16)27(18)22/h4-11,14H,12H2,1-3H3,(H,23,28). The Balaban J connectivity index is 1.52. The van der Waals surface area contributed by atoms with Gasteiger partial charge in [-0.2, -0.15) is 0 Å². The second kappa shape index (κ2) is 8.02. The van der Waals surface area contributed by atoms with Crippen molar-refractivity contribution in [1.29, 1.82) is 0 Å². The van der Waals surface area contributed by atoms with Gasteiger partial charge in [-0.05, 0) is 38.1 Å². The van der Waals surface area contributed by atoms with Gasteiger partial charge >= 0.3 is 5.97 Å². The van der Waals surface area contributed by atoms with Crippen LogP contribution in [0.5, 0.6) is 0 Å². The first-order valence-corrected chi connectivity index (χ1v) is 9.72. The maximum Gasteiger partial charge on any atom is 0.328 e. The number of para-hydroxylation sites is 1. The quantitative estimate of drug-likeness (QED) is 0.494. The Morgan fingerprint density at radius 2 is 1.90 bits per heavy atom. The van der Waals surface area contributed by atoms with E-state index in [4.69, 9.17) is 4.74 Å². The molecule has 1 amide bonds. The monoisotopic (exact) mass is 419 g/mol. The molecule has 0 spiro atoms. The molecule has 1 unspecified atom stereocenters. The fourth-order valence-electron chi connectivity index (χ4n) is 3.37. The summed E-state index contributed by atoms with van der Waals surface area (Å²) in [5.74, 6) is -0.253. The van der Waals surface area contributed by atoms with Gasteiger partial charge in [0.15, 0.2) is 12.4 Å².